The minimum absolute atomic E-state index is 0. The van der Waals surface area contributed by atoms with Crippen molar-refractivity contribution in [2.75, 3.05) is 0 Å². The van der Waals surface area contributed by atoms with Gasteiger partial charge in [0.05, 0.1) is 0 Å². The van der Waals surface area contributed by atoms with Crippen molar-refractivity contribution in [3.8, 4) is 0 Å². The summed E-state index contributed by atoms with van der Waals surface area (Å²) in [6, 6.07) is 6.96. The maximum atomic E-state index is 10.6. The molecule has 5 heteroatoms. The zero-order valence-electron chi connectivity index (χ0n) is 5.99. The highest BCUT2D eigenvalue weighted by Crippen LogP contribution is 2.10. The number of carbonyl (C=O) groups is 1. The average molecular weight is 273 g/mol. The van der Waals surface area contributed by atoms with Crippen LogP contribution >= 0.6 is 40.7 Å². The van der Waals surface area contributed by atoms with Gasteiger partial charge in [0.25, 0.3) is 0 Å². The molecule has 0 fully saturated rings. The molecule has 0 heterocycles. The lowest BCUT2D eigenvalue weighted by Crippen LogP contribution is -2.10. The SMILES string of the molecule is Cl.Cl.NC(=O)c1cccc(Br)c1. The molecule has 0 atom stereocenters. The van der Waals surface area contributed by atoms with E-state index in [1.54, 1.807) is 18.2 Å². The number of benzene rings is 1. The van der Waals surface area contributed by atoms with Gasteiger partial charge in [0, 0.05) is 10.0 Å². The first-order valence-corrected chi connectivity index (χ1v) is 3.55. The van der Waals surface area contributed by atoms with Crippen LogP contribution in [-0.2, 0) is 0 Å². The number of nitrogens with two attached hydrogens (primary N) is 1. The summed E-state index contributed by atoms with van der Waals surface area (Å²) in [5.41, 5.74) is 5.55. The van der Waals surface area contributed by atoms with E-state index in [0.29, 0.717) is 5.56 Å². The zero-order valence-corrected chi connectivity index (χ0v) is 9.21. The van der Waals surface area contributed by atoms with Gasteiger partial charge in [0.1, 0.15) is 0 Å². The van der Waals surface area contributed by atoms with Crippen molar-refractivity contribution in [2.24, 2.45) is 5.73 Å². The second-order valence-electron chi connectivity index (χ2n) is 1.87. The molecule has 1 rings (SSSR count). The fourth-order valence-corrected chi connectivity index (χ4v) is 1.04. The smallest absolute Gasteiger partial charge is 0.248 e. The molecule has 1 aromatic carbocycles. The van der Waals surface area contributed by atoms with Crippen LogP contribution in [0.4, 0.5) is 0 Å². The van der Waals surface area contributed by atoms with Crippen LogP contribution in [0.25, 0.3) is 0 Å². The highest BCUT2D eigenvalue weighted by atomic mass is 79.9. The van der Waals surface area contributed by atoms with E-state index in [9.17, 15) is 4.79 Å². The summed E-state index contributed by atoms with van der Waals surface area (Å²) in [6.07, 6.45) is 0. The molecule has 0 saturated carbocycles. The van der Waals surface area contributed by atoms with E-state index >= 15 is 0 Å². The summed E-state index contributed by atoms with van der Waals surface area (Å²) in [4.78, 5) is 10.6. The highest BCUT2D eigenvalue weighted by molar-refractivity contribution is 9.10. The van der Waals surface area contributed by atoms with E-state index in [1.807, 2.05) is 6.07 Å². The maximum Gasteiger partial charge on any atom is 0.248 e. The molecule has 0 aliphatic carbocycles. The third-order valence-electron chi connectivity index (χ3n) is 1.11. The van der Waals surface area contributed by atoms with Crippen LogP contribution in [-0.4, -0.2) is 5.91 Å². The van der Waals surface area contributed by atoms with Crippen LogP contribution in [0, 0.1) is 0 Å². The number of hydrogen-bond acceptors (Lipinski definition) is 1. The van der Waals surface area contributed by atoms with Gasteiger partial charge >= 0.3 is 0 Å². The monoisotopic (exact) mass is 271 g/mol. The highest BCUT2D eigenvalue weighted by Gasteiger charge is 1.97. The number of hydrogen-bond donors (Lipinski definition) is 1. The van der Waals surface area contributed by atoms with Gasteiger partial charge in [0.15, 0.2) is 0 Å². The largest absolute Gasteiger partial charge is 0.366 e. The summed E-state index contributed by atoms with van der Waals surface area (Å²) in [5, 5.41) is 0. The molecule has 0 radical (unpaired) electrons. The van der Waals surface area contributed by atoms with Crippen LogP contribution in [0.2, 0.25) is 0 Å². The van der Waals surface area contributed by atoms with Gasteiger partial charge in [-0.15, -0.1) is 24.8 Å². The Morgan fingerprint density at radius 3 is 2.25 bits per heavy atom. The molecule has 0 aliphatic heterocycles. The van der Waals surface area contributed by atoms with Crippen LogP contribution in [0.3, 0.4) is 0 Å². The topological polar surface area (TPSA) is 43.1 Å². The second-order valence-corrected chi connectivity index (χ2v) is 2.79. The number of amides is 1. The third-order valence-corrected chi connectivity index (χ3v) is 1.60. The molecule has 0 spiro atoms. The lowest BCUT2D eigenvalue weighted by atomic mass is 10.2. The van der Waals surface area contributed by atoms with Crippen molar-refractivity contribution < 1.29 is 4.79 Å². The summed E-state index contributed by atoms with van der Waals surface area (Å²) in [5.74, 6) is -0.402. The molecule has 12 heavy (non-hydrogen) atoms. The minimum atomic E-state index is -0.402. The van der Waals surface area contributed by atoms with Crippen molar-refractivity contribution in [2.45, 2.75) is 0 Å². The molecule has 68 valence electrons. The van der Waals surface area contributed by atoms with Crippen LogP contribution in [0.5, 0.6) is 0 Å². The Morgan fingerprint density at radius 1 is 1.33 bits per heavy atom. The molecule has 0 unspecified atom stereocenters. The Kier molecular flexibility index (Phi) is 7.48. The first-order valence-electron chi connectivity index (χ1n) is 2.75. The van der Waals surface area contributed by atoms with E-state index in [2.05, 4.69) is 15.9 Å². The van der Waals surface area contributed by atoms with Crippen molar-refractivity contribution in [3.63, 3.8) is 0 Å². The summed E-state index contributed by atoms with van der Waals surface area (Å²) in [7, 11) is 0. The molecular weight excluding hydrogens is 265 g/mol. The zero-order chi connectivity index (χ0) is 7.56. The molecule has 0 aliphatic rings. The van der Waals surface area contributed by atoms with Crippen LogP contribution in [0.1, 0.15) is 10.4 Å². The predicted molar refractivity (Wildman–Crippen MR) is 57.2 cm³/mol. The molecule has 0 bridgehead atoms. The third kappa shape index (κ3) is 3.95. The number of rotatable bonds is 1. The van der Waals surface area contributed by atoms with Gasteiger partial charge in [-0.05, 0) is 18.2 Å². The van der Waals surface area contributed by atoms with Gasteiger partial charge in [-0.3, -0.25) is 4.79 Å². The van der Waals surface area contributed by atoms with Crippen molar-refractivity contribution in [1.29, 1.82) is 0 Å². The number of halogens is 3. The first kappa shape index (κ1) is 14.3. The summed E-state index contributed by atoms with van der Waals surface area (Å²) < 4.78 is 0.865. The van der Waals surface area contributed by atoms with Gasteiger partial charge < -0.3 is 5.73 Å². The number of carbonyl (C=O) groups excluding carboxylic acids is 1. The predicted octanol–water partition coefficient (Wildman–Crippen LogP) is 2.39. The molecule has 0 aromatic heterocycles. The fraction of sp³-hybridized carbons (Fsp3) is 0. The fourth-order valence-electron chi connectivity index (χ4n) is 0.642. The Bertz CT molecular complexity index is 267. The van der Waals surface area contributed by atoms with E-state index in [0.717, 1.165) is 4.47 Å². The van der Waals surface area contributed by atoms with Crippen LogP contribution in [0.15, 0.2) is 28.7 Å². The first-order chi connectivity index (χ1) is 4.70. The Morgan fingerprint density at radius 2 is 1.92 bits per heavy atom. The van der Waals surface area contributed by atoms with Crippen molar-refractivity contribution >= 4 is 46.7 Å². The van der Waals surface area contributed by atoms with Gasteiger partial charge in [-0.1, -0.05) is 22.0 Å². The van der Waals surface area contributed by atoms with E-state index in [4.69, 9.17) is 5.73 Å². The normalized spacial score (nSPS) is 7.75. The lowest BCUT2D eigenvalue weighted by molar-refractivity contribution is 0.100. The Labute approximate surface area is 91.5 Å². The van der Waals surface area contributed by atoms with E-state index in [1.165, 1.54) is 0 Å². The van der Waals surface area contributed by atoms with Crippen LogP contribution < -0.4 is 5.73 Å². The molecule has 1 amide bonds. The molecule has 0 saturated heterocycles. The van der Waals surface area contributed by atoms with Gasteiger partial charge in [-0.25, -0.2) is 0 Å². The van der Waals surface area contributed by atoms with E-state index in [-0.39, 0.29) is 24.8 Å². The molecule has 1 aromatic rings. The molecule has 2 nitrogen and oxygen atoms in total. The standard InChI is InChI=1S/C7H6BrNO.2ClH/c8-6-3-1-2-5(4-6)7(9)10;;/h1-4H,(H2,9,10);2*1H. The second kappa shape index (κ2) is 6.29. The minimum Gasteiger partial charge on any atom is -0.366 e. The van der Waals surface area contributed by atoms with Gasteiger partial charge in [0.2, 0.25) is 5.91 Å². The molecule has 2 N–H and O–H groups in total. The summed E-state index contributed by atoms with van der Waals surface area (Å²) >= 11 is 3.22. The maximum absolute atomic E-state index is 10.6. The Hall–Kier alpha value is -0.250. The Balaban J connectivity index is 0. The summed E-state index contributed by atoms with van der Waals surface area (Å²) in [6.45, 7) is 0. The van der Waals surface area contributed by atoms with E-state index < -0.39 is 5.91 Å². The van der Waals surface area contributed by atoms with Crippen molar-refractivity contribution in [1.82, 2.24) is 0 Å². The quantitative estimate of drug-likeness (QED) is 0.838. The molecular formula is C7H8BrCl2NO. The van der Waals surface area contributed by atoms with Crippen molar-refractivity contribution in [3.05, 3.63) is 34.3 Å². The van der Waals surface area contributed by atoms with Gasteiger partial charge in [-0.2, -0.15) is 0 Å². The average Bonchev–Trinajstić information content (AvgIpc) is 1.88. The number of primary amides is 1. The lowest BCUT2D eigenvalue weighted by Gasteiger charge is -1.93.